The van der Waals surface area contributed by atoms with Gasteiger partial charge in [0.1, 0.15) is 5.01 Å². The SMILES string of the molecule is c1cc(-c2nc(CN3CCN(CC4CCCO4)CC3)cs2)cs1. The Bertz CT molecular complexity index is 599. The van der Waals surface area contributed by atoms with Gasteiger partial charge in [0.25, 0.3) is 0 Å². The highest BCUT2D eigenvalue weighted by molar-refractivity contribution is 7.14. The minimum absolute atomic E-state index is 0.480. The number of ether oxygens (including phenoxy) is 1. The highest BCUT2D eigenvalue weighted by Crippen LogP contribution is 2.26. The first-order valence-corrected chi connectivity index (χ1v) is 10.2. The van der Waals surface area contributed by atoms with Crippen molar-refractivity contribution < 1.29 is 4.74 Å². The largest absolute Gasteiger partial charge is 0.377 e. The number of nitrogens with zero attached hydrogens (tertiary/aromatic N) is 3. The molecule has 0 amide bonds. The smallest absolute Gasteiger partial charge is 0.124 e. The van der Waals surface area contributed by atoms with E-state index in [4.69, 9.17) is 9.72 Å². The summed E-state index contributed by atoms with van der Waals surface area (Å²) in [6, 6.07) is 2.15. The molecule has 0 radical (unpaired) electrons. The molecular formula is C17H23N3OS2. The molecule has 2 aliphatic rings. The maximum absolute atomic E-state index is 5.75. The van der Waals surface area contributed by atoms with E-state index in [1.54, 1.807) is 22.7 Å². The summed E-state index contributed by atoms with van der Waals surface area (Å²) in [5.41, 5.74) is 2.47. The fraction of sp³-hybridized carbons (Fsp3) is 0.588. The van der Waals surface area contributed by atoms with Crippen LogP contribution in [0.4, 0.5) is 0 Å². The van der Waals surface area contributed by atoms with Crippen molar-refractivity contribution >= 4 is 22.7 Å². The molecule has 4 nitrogen and oxygen atoms in total. The molecule has 2 aromatic rings. The predicted molar refractivity (Wildman–Crippen MR) is 96.1 cm³/mol. The van der Waals surface area contributed by atoms with Gasteiger partial charge in [0.2, 0.25) is 0 Å². The van der Waals surface area contributed by atoms with Gasteiger partial charge in [-0.05, 0) is 24.3 Å². The Morgan fingerprint density at radius 3 is 2.78 bits per heavy atom. The summed E-state index contributed by atoms with van der Waals surface area (Å²) >= 11 is 3.49. The third kappa shape index (κ3) is 4.00. The number of aromatic nitrogens is 1. The Morgan fingerprint density at radius 1 is 1.17 bits per heavy atom. The van der Waals surface area contributed by atoms with Gasteiger partial charge in [0.05, 0.1) is 11.8 Å². The van der Waals surface area contributed by atoms with Crippen LogP contribution in [0.3, 0.4) is 0 Å². The predicted octanol–water partition coefficient (Wildman–Crippen LogP) is 3.17. The van der Waals surface area contributed by atoms with E-state index in [2.05, 4.69) is 32.0 Å². The van der Waals surface area contributed by atoms with E-state index in [1.165, 1.54) is 24.1 Å². The fourth-order valence-corrected chi connectivity index (χ4v) is 4.86. The quantitative estimate of drug-likeness (QED) is 0.829. The Morgan fingerprint density at radius 2 is 2.04 bits per heavy atom. The highest BCUT2D eigenvalue weighted by atomic mass is 32.1. The first kappa shape index (κ1) is 15.7. The van der Waals surface area contributed by atoms with Crippen molar-refractivity contribution in [1.82, 2.24) is 14.8 Å². The second-order valence-electron chi connectivity index (χ2n) is 6.37. The van der Waals surface area contributed by atoms with Crippen LogP contribution in [-0.2, 0) is 11.3 Å². The van der Waals surface area contributed by atoms with Gasteiger partial charge in [-0.3, -0.25) is 9.80 Å². The molecule has 2 saturated heterocycles. The molecule has 1 unspecified atom stereocenters. The van der Waals surface area contributed by atoms with Gasteiger partial charge in [0.15, 0.2) is 0 Å². The number of thiophene rings is 1. The average Bonchev–Trinajstić information content (AvgIpc) is 3.31. The zero-order valence-corrected chi connectivity index (χ0v) is 15.0. The molecule has 0 bridgehead atoms. The normalized spacial score (nSPS) is 23.6. The van der Waals surface area contributed by atoms with Crippen LogP contribution in [0.2, 0.25) is 0 Å². The lowest BCUT2D eigenvalue weighted by Crippen LogP contribution is -2.48. The van der Waals surface area contributed by atoms with Crippen molar-refractivity contribution in [2.45, 2.75) is 25.5 Å². The number of piperazine rings is 1. The van der Waals surface area contributed by atoms with Crippen molar-refractivity contribution in [3.05, 3.63) is 27.9 Å². The van der Waals surface area contributed by atoms with Crippen LogP contribution in [0, 0.1) is 0 Å². The molecule has 6 heteroatoms. The van der Waals surface area contributed by atoms with Gasteiger partial charge in [-0.25, -0.2) is 4.98 Å². The molecule has 2 fully saturated rings. The lowest BCUT2D eigenvalue weighted by atomic mass is 10.2. The number of rotatable bonds is 5. The zero-order chi connectivity index (χ0) is 15.5. The van der Waals surface area contributed by atoms with E-state index in [0.717, 1.165) is 50.9 Å². The summed E-state index contributed by atoms with van der Waals surface area (Å²) in [7, 11) is 0. The monoisotopic (exact) mass is 349 g/mol. The van der Waals surface area contributed by atoms with Crippen LogP contribution >= 0.6 is 22.7 Å². The first-order chi connectivity index (χ1) is 11.4. The highest BCUT2D eigenvalue weighted by Gasteiger charge is 2.23. The van der Waals surface area contributed by atoms with Crippen LogP contribution in [0.1, 0.15) is 18.5 Å². The Labute approximate surface area is 145 Å². The lowest BCUT2D eigenvalue weighted by molar-refractivity contribution is 0.0487. The van der Waals surface area contributed by atoms with E-state index >= 15 is 0 Å². The molecule has 2 aliphatic heterocycles. The molecule has 0 spiro atoms. The molecule has 2 aromatic heterocycles. The minimum atomic E-state index is 0.480. The molecule has 0 saturated carbocycles. The van der Waals surface area contributed by atoms with E-state index in [-0.39, 0.29) is 0 Å². The van der Waals surface area contributed by atoms with Gasteiger partial charge in [-0.15, -0.1) is 11.3 Å². The number of thiazole rings is 1. The van der Waals surface area contributed by atoms with Crippen molar-refractivity contribution in [3.63, 3.8) is 0 Å². The average molecular weight is 350 g/mol. The Balaban J connectivity index is 1.26. The van der Waals surface area contributed by atoms with Crippen LogP contribution in [0.15, 0.2) is 22.2 Å². The Kier molecular flexibility index (Phi) is 5.06. The van der Waals surface area contributed by atoms with Crippen molar-refractivity contribution in [1.29, 1.82) is 0 Å². The van der Waals surface area contributed by atoms with E-state index in [0.29, 0.717) is 6.10 Å². The molecule has 0 N–H and O–H groups in total. The maximum Gasteiger partial charge on any atom is 0.124 e. The summed E-state index contributed by atoms with van der Waals surface area (Å²) in [5, 5.41) is 7.65. The molecule has 1 atom stereocenters. The van der Waals surface area contributed by atoms with Crippen molar-refractivity contribution in [3.8, 4) is 10.6 Å². The molecule has 4 rings (SSSR count). The molecule has 124 valence electrons. The fourth-order valence-electron chi connectivity index (χ4n) is 3.33. The topological polar surface area (TPSA) is 28.6 Å². The van der Waals surface area contributed by atoms with Gasteiger partial charge < -0.3 is 4.74 Å². The molecular weight excluding hydrogens is 326 g/mol. The van der Waals surface area contributed by atoms with E-state index in [1.807, 2.05) is 0 Å². The van der Waals surface area contributed by atoms with Crippen LogP contribution in [0.25, 0.3) is 10.6 Å². The first-order valence-electron chi connectivity index (χ1n) is 8.40. The van der Waals surface area contributed by atoms with E-state index < -0.39 is 0 Å². The minimum Gasteiger partial charge on any atom is -0.377 e. The third-order valence-electron chi connectivity index (χ3n) is 4.66. The van der Waals surface area contributed by atoms with Crippen LogP contribution in [0.5, 0.6) is 0 Å². The second-order valence-corrected chi connectivity index (χ2v) is 8.01. The van der Waals surface area contributed by atoms with Crippen LogP contribution < -0.4 is 0 Å². The summed E-state index contributed by atoms with van der Waals surface area (Å²) in [6.45, 7) is 7.64. The summed E-state index contributed by atoms with van der Waals surface area (Å²) in [6.07, 6.45) is 2.96. The molecule has 4 heterocycles. The van der Waals surface area contributed by atoms with Gasteiger partial charge in [-0.1, -0.05) is 0 Å². The third-order valence-corrected chi connectivity index (χ3v) is 6.28. The van der Waals surface area contributed by atoms with Gasteiger partial charge >= 0.3 is 0 Å². The number of hydrogen-bond acceptors (Lipinski definition) is 6. The summed E-state index contributed by atoms with van der Waals surface area (Å²) in [4.78, 5) is 9.89. The second kappa shape index (κ2) is 7.40. The molecule has 0 aromatic carbocycles. The number of hydrogen-bond donors (Lipinski definition) is 0. The van der Waals surface area contributed by atoms with Gasteiger partial charge in [-0.2, -0.15) is 11.3 Å². The maximum atomic E-state index is 5.75. The Hall–Kier alpha value is -0.790. The standard InChI is InChI=1S/C17H23N3OS2/c1-2-16(21-8-1)11-20-6-4-19(5-7-20)10-15-13-23-17(18-15)14-3-9-22-12-14/h3,9,12-13,16H,1-2,4-8,10-11H2. The van der Waals surface area contributed by atoms with Crippen molar-refractivity contribution in [2.24, 2.45) is 0 Å². The zero-order valence-electron chi connectivity index (χ0n) is 13.3. The summed E-state index contributed by atoms with van der Waals surface area (Å²) in [5.74, 6) is 0. The van der Waals surface area contributed by atoms with E-state index in [9.17, 15) is 0 Å². The molecule has 23 heavy (non-hydrogen) atoms. The summed E-state index contributed by atoms with van der Waals surface area (Å²) < 4.78 is 5.75. The van der Waals surface area contributed by atoms with Crippen LogP contribution in [-0.4, -0.2) is 60.2 Å². The van der Waals surface area contributed by atoms with Gasteiger partial charge in [0, 0.05) is 62.2 Å². The van der Waals surface area contributed by atoms with Crippen molar-refractivity contribution in [2.75, 3.05) is 39.3 Å². The lowest BCUT2D eigenvalue weighted by Gasteiger charge is -2.35. The molecule has 0 aliphatic carbocycles.